The molecule has 4 atom stereocenters. The van der Waals surface area contributed by atoms with Crippen molar-refractivity contribution in [2.75, 3.05) is 34.0 Å². The van der Waals surface area contributed by atoms with Crippen molar-refractivity contribution >= 4 is 53.5 Å². The number of carbonyl (C=O) groups is 5. The van der Waals surface area contributed by atoms with E-state index in [1.807, 2.05) is 31.4 Å². The summed E-state index contributed by atoms with van der Waals surface area (Å²) in [7, 11) is 3.02. The average molecular weight is 838 g/mol. The van der Waals surface area contributed by atoms with Gasteiger partial charge in [0.05, 0.1) is 62.0 Å². The molecule has 4 heterocycles. The first kappa shape index (κ1) is 43.7. The fraction of sp³-hybridized carbons (Fsp3) is 0.386. The molecule has 0 fully saturated rings. The Hall–Kier alpha value is -6.91. The maximum atomic E-state index is 13.8. The number of ether oxygens (including phenoxy) is 4. The molecule has 0 radical (unpaired) electrons. The van der Waals surface area contributed by atoms with Crippen LogP contribution in [0.1, 0.15) is 67.7 Å². The van der Waals surface area contributed by atoms with Gasteiger partial charge in [-0.05, 0) is 55.9 Å². The van der Waals surface area contributed by atoms with Gasteiger partial charge in [-0.1, -0.05) is 38.2 Å². The molecule has 2 aromatic carbocycles. The van der Waals surface area contributed by atoms with Crippen LogP contribution in [0.5, 0.6) is 23.0 Å². The Morgan fingerprint density at radius 3 is 1.79 bits per heavy atom. The fourth-order valence-corrected chi connectivity index (χ4v) is 7.23. The first-order chi connectivity index (χ1) is 29.3. The normalized spacial score (nSPS) is 18.7. The lowest BCUT2D eigenvalue weighted by Crippen LogP contribution is -2.54. The van der Waals surface area contributed by atoms with E-state index >= 15 is 0 Å². The molecule has 5 amide bonds. The van der Waals surface area contributed by atoms with E-state index in [9.17, 15) is 24.0 Å². The van der Waals surface area contributed by atoms with E-state index < -0.39 is 30.0 Å². The number of hydrogen-bond acceptors (Lipinski definition) is 11. The first-order valence-electron chi connectivity index (χ1n) is 20.0. The van der Waals surface area contributed by atoms with Gasteiger partial charge in [-0.3, -0.25) is 29.2 Å². The van der Waals surface area contributed by atoms with Crippen LogP contribution in [0, 0.1) is 5.92 Å². The van der Waals surface area contributed by atoms with Crippen LogP contribution in [-0.4, -0.2) is 115 Å². The number of hydrogen-bond donors (Lipinski definition) is 4. The number of carboxylic acid groups (broad SMARTS) is 1. The number of fused-ring (bicyclic) bond motifs is 4. The summed E-state index contributed by atoms with van der Waals surface area (Å²) < 4.78 is 23.4. The lowest BCUT2D eigenvalue weighted by molar-refractivity contribution is -0.130. The van der Waals surface area contributed by atoms with Gasteiger partial charge in [0.1, 0.15) is 12.1 Å². The van der Waals surface area contributed by atoms with Crippen molar-refractivity contribution < 1.29 is 48.0 Å². The van der Waals surface area contributed by atoms with E-state index in [2.05, 4.69) is 25.9 Å². The molecule has 61 heavy (non-hydrogen) atoms. The molecule has 2 aromatic rings. The second kappa shape index (κ2) is 19.4. The molecule has 0 saturated heterocycles. The zero-order valence-electron chi connectivity index (χ0n) is 35.0. The number of methoxy groups -OCH3 is 2. The van der Waals surface area contributed by atoms with Gasteiger partial charge in [-0.25, -0.2) is 4.79 Å². The van der Waals surface area contributed by atoms with Crippen LogP contribution in [0.4, 0.5) is 16.2 Å². The molecule has 0 bridgehead atoms. The van der Waals surface area contributed by atoms with Crippen LogP contribution in [0.2, 0.25) is 0 Å². The molecular formula is C44H51N7O10. The van der Waals surface area contributed by atoms with Crippen molar-refractivity contribution in [1.29, 1.82) is 0 Å². The number of nitrogens with one attached hydrogen (secondary N) is 3. The van der Waals surface area contributed by atoms with E-state index in [1.54, 1.807) is 72.6 Å². The Bertz CT molecular complexity index is 2240. The van der Waals surface area contributed by atoms with Crippen LogP contribution in [0.3, 0.4) is 0 Å². The van der Waals surface area contributed by atoms with Gasteiger partial charge < -0.3 is 49.8 Å². The highest BCUT2D eigenvalue weighted by atomic mass is 16.5. The quantitative estimate of drug-likeness (QED) is 0.153. The average Bonchev–Trinajstić information content (AvgIpc) is 3.79. The summed E-state index contributed by atoms with van der Waals surface area (Å²) in [5.74, 6) is -0.104. The summed E-state index contributed by atoms with van der Waals surface area (Å²) in [5.41, 5.74) is 3.63. The first-order valence-corrected chi connectivity index (χ1v) is 20.0. The monoisotopic (exact) mass is 837 g/mol. The summed E-state index contributed by atoms with van der Waals surface area (Å²) in [6, 6.07) is 4.29. The molecular weight excluding hydrogens is 787 g/mol. The zero-order valence-corrected chi connectivity index (χ0v) is 35.0. The topological polar surface area (TPSA) is 210 Å². The molecule has 4 N–H and O–H groups in total. The summed E-state index contributed by atoms with van der Waals surface area (Å²) in [6.07, 6.45) is 15.0. The molecule has 6 rings (SSSR count). The van der Waals surface area contributed by atoms with E-state index in [0.717, 1.165) is 11.1 Å². The molecule has 0 unspecified atom stereocenters. The SMILES string of the molecule is CC=CC1=CN2C(=O)c3cc(OC)c(OCCCOc4cc5c(cc4OC)C(=O)N4C=C(C=CCNC(=O)[C@H](C)NC(=O)[C@@H](NC(=O)O)C(C)C)C[C@H]4C=N5)cc3N=C[C@@H]2C1. The standard InChI is InChI=1S/C44H51N7O10/c1-7-10-27-15-29-21-46-33-19-37(35(58-5)17-31(33)42(54)50(29)23-27)60-13-9-14-61-38-20-34-32(18-36(38)59-6)43(55)51-24-28(16-30(51)22-47-34)11-8-12-45-40(52)26(4)48-41(53)39(25(2)3)49-44(56)57/h7-8,10-11,17-26,29-30,39,49H,9,12-16H2,1-6H3,(H,45,52)(H,48,53)(H,56,57)/t26-,29-,30-,39-/m0/s1. The number of allylic oxidation sites excluding steroid dienone is 3. The van der Waals surface area contributed by atoms with Gasteiger partial charge in [0.15, 0.2) is 23.0 Å². The van der Waals surface area contributed by atoms with E-state index in [1.165, 1.54) is 21.1 Å². The summed E-state index contributed by atoms with van der Waals surface area (Å²) in [4.78, 5) is 76.0. The fourth-order valence-electron chi connectivity index (χ4n) is 7.23. The third-order valence-electron chi connectivity index (χ3n) is 10.4. The maximum absolute atomic E-state index is 13.8. The Morgan fingerprint density at radius 2 is 1.31 bits per heavy atom. The predicted octanol–water partition coefficient (Wildman–Crippen LogP) is 5.23. The third-order valence-corrected chi connectivity index (χ3v) is 10.4. The van der Waals surface area contributed by atoms with Gasteiger partial charge in [0.25, 0.3) is 11.8 Å². The van der Waals surface area contributed by atoms with Crippen molar-refractivity contribution in [2.45, 2.75) is 71.1 Å². The lowest BCUT2D eigenvalue weighted by Gasteiger charge is -2.22. The Kier molecular flexibility index (Phi) is 13.9. The van der Waals surface area contributed by atoms with Crippen LogP contribution in [0.15, 0.2) is 82.1 Å². The molecule has 0 aliphatic carbocycles. The van der Waals surface area contributed by atoms with Gasteiger partial charge >= 0.3 is 6.09 Å². The Balaban J connectivity index is 1.01. The summed E-state index contributed by atoms with van der Waals surface area (Å²) >= 11 is 0. The summed E-state index contributed by atoms with van der Waals surface area (Å²) in [6.45, 7) is 7.55. The number of aliphatic imine (C=N–C) groups is 2. The second-order valence-corrected chi connectivity index (χ2v) is 15.1. The zero-order chi connectivity index (χ0) is 43.8. The minimum atomic E-state index is -1.33. The molecule has 0 saturated carbocycles. The van der Waals surface area contributed by atoms with Crippen LogP contribution < -0.4 is 34.9 Å². The van der Waals surface area contributed by atoms with Crippen molar-refractivity contribution in [3.05, 3.63) is 83.2 Å². The van der Waals surface area contributed by atoms with Crippen molar-refractivity contribution in [3.63, 3.8) is 0 Å². The van der Waals surface area contributed by atoms with E-state index in [4.69, 9.17) is 24.1 Å². The number of amides is 5. The van der Waals surface area contributed by atoms with E-state index in [0.29, 0.717) is 64.8 Å². The molecule has 4 aliphatic rings. The smallest absolute Gasteiger partial charge is 0.405 e. The molecule has 0 aromatic heterocycles. The van der Waals surface area contributed by atoms with Crippen LogP contribution >= 0.6 is 0 Å². The Labute approximate surface area is 353 Å². The van der Waals surface area contributed by atoms with Crippen molar-refractivity contribution in [1.82, 2.24) is 25.8 Å². The number of nitrogens with zero attached hydrogens (tertiary/aromatic N) is 4. The van der Waals surface area contributed by atoms with Gasteiger partial charge in [-0.15, -0.1) is 0 Å². The molecule has 17 nitrogen and oxygen atoms in total. The second-order valence-electron chi connectivity index (χ2n) is 15.1. The number of carbonyl (C=O) groups excluding carboxylic acids is 4. The number of benzene rings is 2. The van der Waals surface area contributed by atoms with Gasteiger partial charge in [0, 0.05) is 49.9 Å². The van der Waals surface area contributed by atoms with E-state index in [-0.39, 0.29) is 49.6 Å². The van der Waals surface area contributed by atoms with Gasteiger partial charge in [0.2, 0.25) is 11.8 Å². The largest absolute Gasteiger partial charge is 0.493 e. The van der Waals surface area contributed by atoms with Crippen molar-refractivity contribution in [3.8, 4) is 23.0 Å². The Morgan fingerprint density at radius 1 is 0.787 bits per heavy atom. The lowest BCUT2D eigenvalue weighted by atomic mass is 10.0. The number of rotatable bonds is 17. The molecule has 0 spiro atoms. The predicted molar refractivity (Wildman–Crippen MR) is 228 cm³/mol. The third kappa shape index (κ3) is 10.1. The van der Waals surface area contributed by atoms with Crippen LogP contribution in [0.25, 0.3) is 0 Å². The molecule has 17 heteroatoms. The molecule has 322 valence electrons. The summed E-state index contributed by atoms with van der Waals surface area (Å²) in [5, 5.41) is 16.5. The van der Waals surface area contributed by atoms with Crippen LogP contribution in [-0.2, 0) is 9.59 Å². The maximum Gasteiger partial charge on any atom is 0.405 e. The highest BCUT2D eigenvalue weighted by molar-refractivity contribution is 6.05. The molecule has 4 aliphatic heterocycles. The highest BCUT2D eigenvalue weighted by Gasteiger charge is 2.34. The van der Waals surface area contributed by atoms with Gasteiger partial charge in [-0.2, -0.15) is 0 Å². The highest BCUT2D eigenvalue weighted by Crippen LogP contribution is 2.40. The minimum absolute atomic E-state index is 0.154. The minimum Gasteiger partial charge on any atom is -0.493 e. The van der Waals surface area contributed by atoms with Crippen molar-refractivity contribution in [2.24, 2.45) is 15.9 Å².